The molecule has 20 heavy (non-hydrogen) atoms. The van der Waals surface area contributed by atoms with E-state index < -0.39 is 0 Å². The maximum atomic E-state index is 3.99. The summed E-state index contributed by atoms with van der Waals surface area (Å²) in [5.41, 5.74) is 1.88. The predicted molar refractivity (Wildman–Crippen MR) is 87.8 cm³/mol. The van der Waals surface area contributed by atoms with Crippen LogP contribution in [0.5, 0.6) is 0 Å². The lowest BCUT2D eigenvalue weighted by molar-refractivity contribution is 0.150. The van der Waals surface area contributed by atoms with Crippen LogP contribution in [0.1, 0.15) is 71.4 Å². The molecule has 0 aliphatic heterocycles. The molecular formula is C19H31N. The number of benzene rings is 1. The second-order valence-corrected chi connectivity index (χ2v) is 7.55. The SMILES string of the molecule is CC(C)CC(NC1CCCCC1(C)C)c1ccccc1. The van der Waals surface area contributed by atoms with Gasteiger partial charge in [0.15, 0.2) is 0 Å². The van der Waals surface area contributed by atoms with Crippen LogP contribution in [0, 0.1) is 11.3 Å². The van der Waals surface area contributed by atoms with Gasteiger partial charge in [0.25, 0.3) is 0 Å². The van der Waals surface area contributed by atoms with Crippen LogP contribution in [0.4, 0.5) is 0 Å². The summed E-state index contributed by atoms with van der Waals surface area (Å²) in [5, 5.41) is 3.99. The van der Waals surface area contributed by atoms with Crippen molar-refractivity contribution in [1.82, 2.24) is 5.32 Å². The minimum absolute atomic E-state index is 0.433. The van der Waals surface area contributed by atoms with E-state index in [1.807, 2.05) is 0 Å². The van der Waals surface area contributed by atoms with E-state index in [2.05, 4.69) is 63.3 Å². The first-order valence-corrected chi connectivity index (χ1v) is 8.30. The van der Waals surface area contributed by atoms with E-state index in [1.54, 1.807) is 0 Å². The highest BCUT2D eigenvalue weighted by atomic mass is 15.0. The van der Waals surface area contributed by atoms with Crippen molar-refractivity contribution in [2.75, 3.05) is 0 Å². The maximum absolute atomic E-state index is 3.99. The Morgan fingerprint density at radius 2 is 1.85 bits per heavy atom. The van der Waals surface area contributed by atoms with Crippen molar-refractivity contribution in [3.05, 3.63) is 35.9 Å². The fraction of sp³-hybridized carbons (Fsp3) is 0.684. The lowest BCUT2D eigenvalue weighted by atomic mass is 9.72. The van der Waals surface area contributed by atoms with Crippen molar-refractivity contribution in [3.63, 3.8) is 0 Å². The Balaban J connectivity index is 2.11. The summed E-state index contributed by atoms with van der Waals surface area (Å²) in [5.74, 6) is 0.722. The van der Waals surface area contributed by atoms with Crippen LogP contribution < -0.4 is 5.32 Å². The van der Waals surface area contributed by atoms with E-state index in [9.17, 15) is 0 Å². The molecule has 2 atom stereocenters. The molecular weight excluding hydrogens is 242 g/mol. The molecule has 0 saturated heterocycles. The zero-order chi connectivity index (χ0) is 14.6. The molecule has 0 radical (unpaired) electrons. The van der Waals surface area contributed by atoms with Gasteiger partial charge in [0, 0.05) is 12.1 Å². The van der Waals surface area contributed by atoms with E-state index in [1.165, 1.54) is 37.7 Å². The molecule has 2 unspecified atom stereocenters. The second-order valence-electron chi connectivity index (χ2n) is 7.55. The molecule has 0 heterocycles. The van der Waals surface area contributed by atoms with Gasteiger partial charge >= 0.3 is 0 Å². The van der Waals surface area contributed by atoms with Gasteiger partial charge in [0.2, 0.25) is 0 Å². The summed E-state index contributed by atoms with van der Waals surface area (Å²) in [6.45, 7) is 9.51. The van der Waals surface area contributed by atoms with Crippen LogP contribution in [0.15, 0.2) is 30.3 Å². The van der Waals surface area contributed by atoms with Crippen molar-refractivity contribution in [2.45, 2.75) is 71.9 Å². The standard InChI is InChI=1S/C19H31N/c1-15(2)14-17(16-10-6-5-7-11-16)20-18-12-8-9-13-19(18,3)4/h5-7,10-11,15,17-18,20H,8-9,12-14H2,1-4H3. The first kappa shape index (κ1) is 15.6. The van der Waals surface area contributed by atoms with Crippen LogP contribution >= 0.6 is 0 Å². The largest absolute Gasteiger partial charge is 0.307 e. The minimum atomic E-state index is 0.433. The molecule has 1 fully saturated rings. The second kappa shape index (κ2) is 6.76. The Morgan fingerprint density at radius 3 is 2.45 bits per heavy atom. The monoisotopic (exact) mass is 273 g/mol. The molecule has 0 bridgehead atoms. The Morgan fingerprint density at radius 1 is 1.15 bits per heavy atom. The molecule has 0 amide bonds. The van der Waals surface area contributed by atoms with Gasteiger partial charge < -0.3 is 5.32 Å². The number of hydrogen-bond acceptors (Lipinski definition) is 1. The third-order valence-electron chi connectivity index (χ3n) is 4.82. The van der Waals surface area contributed by atoms with Crippen LogP contribution in [0.2, 0.25) is 0 Å². The van der Waals surface area contributed by atoms with Crippen molar-refractivity contribution in [1.29, 1.82) is 0 Å². The molecule has 1 N–H and O–H groups in total. The summed E-state index contributed by atoms with van der Waals surface area (Å²) in [7, 11) is 0. The van der Waals surface area contributed by atoms with Gasteiger partial charge in [-0.05, 0) is 36.2 Å². The Labute approximate surface area is 125 Å². The zero-order valence-electron chi connectivity index (χ0n) is 13.7. The summed E-state index contributed by atoms with van der Waals surface area (Å²) >= 11 is 0. The molecule has 0 aromatic heterocycles. The van der Waals surface area contributed by atoms with Crippen molar-refractivity contribution < 1.29 is 0 Å². The van der Waals surface area contributed by atoms with Crippen molar-refractivity contribution in [3.8, 4) is 0 Å². The zero-order valence-corrected chi connectivity index (χ0v) is 13.7. The van der Waals surface area contributed by atoms with Gasteiger partial charge in [-0.3, -0.25) is 0 Å². The van der Waals surface area contributed by atoms with Gasteiger partial charge in [-0.2, -0.15) is 0 Å². The molecule has 1 aromatic rings. The first-order chi connectivity index (χ1) is 9.49. The molecule has 1 aliphatic carbocycles. The van der Waals surface area contributed by atoms with Crippen molar-refractivity contribution >= 4 is 0 Å². The molecule has 1 aliphatic rings. The van der Waals surface area contributed by atoms with Gasteiger partial charge in [-0.1, -0.05) is 70.9 Å². The van der Waals surface area contributed by atoms with E-state index in [0.717, 1.165) is 5.92 Å². The predicted octanol–water partition coefficient (Wildman–Crippen LogP) is 5.33. The Hall–Kier alpha value is -0.820. The van der Waals surface area contributed by atoms with Crippen LogP contribution in [0.25, 0.3) is 0 Å². The highest BCUT2D eigenvalue weighted by molar-refractivity contribution is 5.19. The molecule has 2 rings (SSSR count). The number of nitrogens with one attached hydrogen (secondary N) is 1. The summed E-state index contributed by atoms with van der Waals surface area (Å²) in [4.78, 5) is 0. The van der Waals surface area contributed by atoms with E-state index in [0.29, 0.717) is 17.5 Å². The van der Waals surface area contributed by atoms with E-state index >= 15 is 0 Å². The third-order valence-corrected chi connectivity index (χ3v) is 4.82. The highest BCUT2D eigenvalue weighted by Gasteiger charge is 2.33. The lowest BCUT2D eigenvalue weighted by Gasteiger charge is -2.41. The smallest absolute Gasteiger partial charge is 0.0325 e. The van der Waals surface area contributed by atoms with Crippen LogP contribution in [-0.4, -0.2) is 6.04 Å². The van der Waals surface area contributed by atoms with E-state index in [4.69, 9.17) is 0 Å². The van der Waals surface area contributed by atoms with Crippen molar-refractivity contribution in [2.24, 2.45) is 11.3 Å². The molecule has 1 aromatic carbocycles. The van der Waals surface area contributed by atoms with Gasteiger partial charge in [-0.25, -0.2) is 0 Å². The lowest BCUT2D eigenvalue weighted by Crippen LogP contribution is -2.45. The van der Waals surface area contributed by atoms with E-state index in [-0.39, 0.29) is 0 Å². The van der Waals surface area contributed by atoms with Gasteiger partial charge in [0.1, 0.15) is 0 Å². The topological polar surface area (TPSA) is 12.0 Å². The average Bonchev–Trinajstić information content (AvgIpc) is 2.40. The van der Waals surface area contributed by atoms with Crippen LogP contribution in [0.3, 0.4) is 0 Å². The molecule has 0 spiro atoms. The molecule has 1 saturated carbocycles. The minimum Gasteiger partial charge on any atom is -0.307 e. The number of hydrogen-bond donors (Lipinski definition) is 1. The molecule has 1 heteroatoms. The summed E-state index contributed by atoms with van der Waals surface area (Å²) in [6.07, 6.45) is 6.68. The molecule has 1 nitrogen and oxygen atoms in total. The summed E-state index contributed by atoms with van der Waals surface area (Å²) in [6, 6.07) is 12.1. The van der Waals surface area contributed by atoms with Crippen LogP contribution in [-0.2, 0) is 0 Å². The Kier molecular flexibility index (Phi) is 5.26. The van der Waals surface area contributed by atoms with Gasteiger partial charge in [-0.15, -0.1) is 0 Å². The molecule has 112 valence electrons. The normalized spacial score (nSPS) is 23.8. The number of rotatable bonds is 5. The van der Waals surface area contributed by atoms with Gasteiger partial charge in [0.05, 0.1) is 0 Å². The fourth-order valence-corrected chi connectivity index (χ4v) is 3.50. The quantitative estimate of drug-likeness (QED) is 0.764. The fourth-order valence-electron chi connectivity index (χ4n) is 3.50. The average molecular weight is 273 g/mol. The third kappa shape index (κ3) is 4.09. The maximum Gasteiger partial charge on any atom is 0.0325 e. The first-order valence-electron chi connectivity index (χ1n) is 8.30. The Bertz CT molecular complexity index is 393. The summed E-state index contributed by atoms with van der Waals surface area (Å²) < 4.78 is 0. The highest BCUT2D eigenvalue weighted by Crippen LogP contribution is 2.37.